The van der Waals surface area contributed by atoms with Gasteiger partial charge in [0.15, 0.2) is 11.6 Å². The zero-order valence-electron chi connectivity index (χ0n) is 20.8. The van der Waals surface area contributed by atoms with Crippen molar-refractivity contribution < 1.29 is 19.8 Å². The van der Waals surface area contributed by atoms with E-state index in [1.54, 1.807) is 0 Å². The van der Waals surface area contributed by atoms with Crippen molar-refractivity contribution in [3.8, 4) is 0 Å². The molecule has 0 aromatic heterocycles. The highest BCUT2D eigenvalue weighted by molar-refractivity contribution is 6.00. The number of hydrogen-bond donors (Lipinski definition) is 2. The fraction of sp³-hybridized carbons (Fsp3) is 0.857. The molecule has 0 spiro atoms. The molecule has 0 aromatic rings. The van der Waals surface area contributed by atoms with Gasteiger partial charge in [0.05, 0.1) is 0 Å². The number of hydrogen-bond acceptors (Lipinski definition) is 4. The van der Waals surface area contributed by atoms with Crippen LogP contribution >= 0.6 is 0 Å². The zero-order valence-corrected chi connectivity index (χ0v) is 20.8. The smallest absolute Gasteiger partial charge is 0.186 e. The number of fused-ring (bicyclic) bond motifs is 7. The summed E-state index contributed by atoms with van der Waals surface area (Å²) in [4.78, 5) is 25.3. The molecule has 0 saturated heterocycles. The van der Waals surface area contributed by atoms with Gasteiger partial charge in [0.1, 0.15) is 12.2 Å². The summed E-state index contributed by atoms with van der Waals surface area (Å²) >= 11 is 0. The van der Waals surface area contributed by atoms with Gasteiger partial charge >= 0.3 is 0 Å². The van der Waals surface area contributed by atoms with E-state index in [2.05, 4.69) is 27.7 Å². The summed E-state index contributed by atoms with van der Waals surface area (Å²) in [5.41, 5.74) is 2.13. The quantitative estimate of drug-likeness (QED) is 0.562. The van der Waals surface area contributed by atoms with Gasteiger partial charge in [-0.25, -0.2) is 0 Å². The lowest BCUT2D eigenvalue weighted by molar-refractivity contribution is -0.242. The minimum atomic E-state index is -0.851. The van der Waals surface area contributed by atoms with Crippen LogP contribution in [-0.4, -0.2) is 34.0 Å². The number of carbonyl (C=O) groups excluding carboxylic acids is 2. The van der Waals surface area contributed by atoms with Crippen molar-refractivity contribution in [3.63, 3.8) is 0 Å². The average Bonchev–Trinajstić information content (AvgIpc) is 2.75. The lowest BCUT2D eigenvalue weighted by Gasteiger charge is -2.73. The van der Waals surface area contributed by atoms with Crippen LogP contribution in [0.25, 0.3) is 0 Å². The van der Waals surface area contributed by atoms with E-state index in [-0.39, 0.29) is 39.1 Å². The zero-order chi connectivity index (χ0) is 23.4. The van der Waals surface area contributed by atoms with E-state index in [4.69, 9.17) is 0 Å². The second-order valence-electron chi connectivity index (χ2n) is 13.3. The topological polar surface area (TPSA) is 74.6 Å². The van der Waals surface area contributed by atoms with E-state index in [1.807, 2.05) is 13.8 Å². The van der Waals surface area contributed by atoms with Crippen LogP contribution in [0.15, 0.2) is 11.1 Å². The van der Waals surface area contributed by atoms with Crippen LogP contribution in [0.5, 0.6) is 0 Å². The van der Waals surface area contributed by atoms with Crippen LogP contribution in [0.1, 0.15) is 92.9 Å². The van der Waals surface area contributed by atoms with Gasteiger partial charge in [-0.05, 0) is 97.9 Å². The van der Waals surface area contributed by atoms with Gasteiger partial charge in [-0.1, -0.05) is 40.2 Å². The van der Waals surface area contributed by atoms with Crippen molar-refractivity contribution in [3.05, 3.63) is 11.1 Å². The first kappa shape index (κ1) is 22.8. The maximum atomic E-state index is 12.7. The van der Waals surface area contributed by atoms with Gasteiger partial charge in [-0.3, -0.25) is 9.59 Å². The molecule has 0 radical (unpaired) electrons. The predicted octanol–water partition coefficient (Wildman–Crippen LogP) is 4.86. The van der Waals surface area contributed by atoms with Crippen molar-refractivity contribution in [2.24, 2.45) is 45.3 Å². The SMILES string of the molecule is CC1=C2CC[C@H]3[C@@](C)(CC[C@@]4(C)[C@@H]5C[C@@H](C)C(=O)[C@@H](O)[C@]5(C)CC[C@]34C)[C@H]2C[C@H](O)C1=O. The molecule has 0 aliphatic heterocycles. The summed E-state index contributed by atoms with van der Waals surface area (Å²) in [6, 6.07) is 0. The number of carbonyl (C=O) groups is 2. The number of Topliss-reactive ketones (excluding diaryl/α,β-unsaturated/α-hetero) is 2. The van der Waals surface area contributed by atoms with E-state index < -0.39 is 12.2 Å². The molecule has 2 N–H and O–H groups in total. The molecule has 32 heavy (non-hydrogen) atoms. The number of aliphatic hydroxyl groups is 2. The standard InChI is InChI=1S/C28H42O4/c1-15-13-21-26(4,24(32)22(15)30)10-12-27(5)20-8-7-17-16(2)23(31)19(29)14-18(17)25(20,3)9-11-28(21,27)6/h15,18-21,24,29,32H,7-14H2,1-6H3/t15-,18+,19+,20+,21-,24-,25+,26-,27-,28+/m1/s1. The summed E-state index contributed by atoms with van der Waals surface area (Å²) in [6.07, 6.45) is 6.00. The molecular formula is C28H42O4. The van der Waals surface area contributed by atoms with Crippen LogP contribution in [0.3, 0.4) is 0 Å². The fourth-order valence-corrected chi connectivity index (χ4v) is 10.0. The van der Waals surface area contributed by atoms with Gasteiger partial charge < -0.3 is 10.2 Å². The number of allylic oxidation sites excluding steroid dienone is 1. The van der Waals surface area contributed by atoms with Crippen LogP contribution in [0.4, 0.5) is 0 Å². The lowest BCUT2D eigenvalue weighted by Crippen LogP contribution is -2.68. The van der Waals surface area contributed by atoms with E-state index in [0.29, 0.717) is 24.2 Å². The Morgan fingerprint density at radius 3 is 2.09 bits per heavy atom. The highest BCUT2D eigenvalue weighted by atomic mass is 16.3. The van der Waals surface area contributed by atoms with Gasteiger partial charge in [0, 0.05) is 11.3 Å². The Morgan fingerprint density at radius 2 is 1.44 bits per heavy atom. The summed E-state index contributed by atoms with van der Waals surface area (Å²) in [6.45, 7) is 13.5. The van der Waals surface area contributed by atoms with E-state index in [9.17, 15) is 19.8 Å². The summed E-state index contributed by atoms with van der Waals surface area (Å²) < 4.78 is 0. The molecule has 4 saturated carbocycles. The Hall–Kier alpha value is -1.00. The summed E-state index contributed by atoms with van der Waals surface area (Å²) in [7, 11) is 0. The van der Waals surface area contributed by atoms with E-state index in [1.165, 1.54) is 5.57 Å². The lowest BCUT2D eigenvalue weighted by atomic mass is 9.32. The normalized spacial score (nSPS) is 55.6. The van der Waals surface area contributed by atoms with Gasteiger partial charge in [-0.2, -0.15) is 0 Å². The molecule has 0 amide bonds. The fourth-order valence-electron chi connectivity index (χ4n) is 10.0. The predicted molar refractivity (Wildman–Crippen MR) is 124 cm³/mol. The highest BCUT2D eigenvalue weighted by Crippen LogP contribution is 2.76. The van der Waals surface area contributed by atoms with Crippen molar-refractivity contribution in [2.45, 2.75) is 105 Å². The van der Waals surface area contributed by atoms with Crippen molar-refractivity contribution in [1.82, 2.24) is 0 Å². The number of rotatable bonds is 0. The Kier molecular flexibility index (Phi) is 4.83. The molecule has 4 heteroatoms. The van der Waals surface area contributed by atoms with Crippen molar-refractivity contribution in [1.29, 1.82) is 0 Å². The minimum Gasteiger partial charge on any atom is -0.385 e. The molecule has 0 aromatic carbocycles. The molecule has 0 unspecified atom stereocenters. The maximum Gasteiger partial charge on any atom is 0.186 e. The average molecular weight is 443 g/mol. The van der Waals surface area contributed by atoms with Crippen molar-refractivity contribution >= 4 is 11.6 Å². The molecule has 5 aliphatic rings. The molecule has 4 fully saturated rings. The van der Waals surface area contributed by atoms with E-state index in [0.717, 1.165) is 50.5 Å². The first-order valence-electron chi connectivity index (χ1n) is 12.9. The molecule has 178 valence electrons. The van der Waals surface area contributed by atoms with Crippen LogP contribution < -0.4 is 0 Å². The van der Waals surface area contributed by atoms with Gasteiger partial charge in [0.2, 0.25) is 0 Å². The Bertz CT molecular complexity index is 905. The van der Waals surface area contributed by atoms with Crippen molar-refractivity contribution in [2.75, 3.05) is 0 Å². The Morgan fingerprint density at radius 1 is 0.844 bits per heavy atom. The van der Waals surface area contributed by atoms with Crippen LogP contribution in [0, 0.1) is 45.3 Å². The first-order chi connectivity index (χ1) is 14.8. The Balaban J connectivity index is 1.57. The minimum absolute atomic E-state index is 0.0420. The first-order valence-corrected chi connectivity index (χ1v) is 12.9. The molecule has 0 bridgehead atoms. The van der Waals surface area contributed by atoms with E-state index >= 15 is 0 Å². The molecule has 5 rings (SSSR count). The third-order valence-corrected chi connectivity index (χ3v) is 12.3. The largest absolute Gasteiger partial charge is 0.385 e. The molecule has 4 nitrogen and oxygen atoms in total. The highest BCUT2D eigenvalue weighted by Gasteiger charge is 2.70. The molecule has 10 atom stereocenters. The number of aliphatic hydroxyl groups excluding tert-OH is 2. The van der Waals surface area contributed by atoms with Crippen LogP contribution in [-0.2, 0) is 9.59 Å². The second kappa shape index (κ2) is 6.78. The third-order valence-electron chi connectivity index (χ3n) is 12.3. The summed E-state index contributed by atoms with van der Waals surface area (Å²) in [5, 5.41) is 21.7. The third kappa shape index (κ3) is 2.52. The second-order valence-corrected chi connectivity index (χ2v) is 13.3. The molecule has 5 aliphatic carbocycles. The maximum absolute atomic E-state index is 12.7. The van der Waals surface area contributed by atoms with Crippen LogP contribution in [0.2, 0.25) is 0 Å². The van der Waals surface area contributed by atoms with Gasteiger partial charge in [-0.15, -0.1) is 0 Å². The molecular weight excluding hydrogens is 400 g/mol. The van der Waals surface area contributed by atoms with Gasteiger partial charge in [0.25, 0.3) is 0 Å². The Labute approximate surface area is 193 Å². The summed E-state index contributed by atoms with van der Waals surface area (Å²) in [5.74, 6) is 1.08. The molecule has 0 heterocycles. The monoisotopic (exact) mass is 442 g/mol. The number of ketones is 2.